The van der Waals surface area contributed by atoms with Crippen molar-refractivity contribution >= 4 is 11.7 Å². The normalized spacial score (nSPS) is 24.1. The predicted molar refractivity (Wildman–Crippen MR) is 136 cm³/mol. The molecule has 3 aromatic rings. The molecule has 1 amide bonds. The highest BCUT2D eigenvalue weighted by Gasteiger charge is 2.46. The minimum absolute atomic E-state index is 0.0359. The second-order valence-electron chi connectivity index (χ2n) is 10.3. The third kappa shape index (κ3) is 4.71. The highest BCUT2D eigenvalue weighted by Crippen LogP contribution is 2.34. The fourth-order valence-electron chi connectivity index (χ4n) is 5.12. The molecule has 9 heteroatoms. The lowest BCUT2D eigenvalue weighted by molar-refractivity contribution is -0.134. The van der Waals surface area contributed by atoms with E-state index >= 15 is 0 Å². The third-order valence-electron chi connectivity index (χ3n) is 7.08. The molecule has 2 aliphatic heterocycles. The number of nitrogens with one attached hydrogen (secondary N) is 1. The molecule has 194 valence electrons. The van der Waals surface area contributed by atoms with Gasteiger partial charge < -0.3 is 24.7 Å². The molecular weight excluding hydrogens is 475 g/mol. The van der Waals surface area contributed by atoms with E-state index in [9.17, 15) is 14.3 Å². The number of carbonyl (C=O) groups excluding carboxylic acids is 1. The van der Waals surface area contributed by atoms with Crippen LogP contribution in [0.2, 0.25) is 0 Å². The summed E-state index contributed by atoms with van der Waals surface area (Å²) in [7, 11) is 0. The van der Waals surface area contributed by atoms with Crippen molar-refractivity contribution in [2.75, 3.05) is 6.54 Å². The highest BCUT2D eigenvalue weighted by atomic mass is 19.1. The number of oxime groups is 1. The van der Waals surface area contributed by atoms with Crippen molar-refractivity contribution < 1.29 is 23.7 Å². The van der Waals surface area contributed by atoms with Crippen LogP contribution in [0.4, 0.5) is 4.39 Å². The van der Waals surface area contributed by atoms with Gasteiger partial charge in [0, 0.05) is 37.1 Å². The Labute approximate surface area is 215 Å². The molecule has 0 bridgehead atoms. The number of nitrogens with zero attached hydrogens (tertiary/aromatic N) is 3. The van der Waals surface area contributed by atoms with E-state index in [1.54, 1.807) is 29.2 Å². The van der Waals surface area contributed by atoms with E-state index in [2.05, 4.69) is 15.6 Å². The van der Waals surface area contributed by atoms with Crippen LogP contribution in [-0.4, -0.2) is 45.6 Å². The van der Waals surface area contributed by atoms with E-state index < -0.39 is 23.8 Å². The maximum Gasteiger partial charge on any atom is 0.234 e. The number of benzene rings is 2. The molecule has 0 saturated carbocycles. The van der Waals surface area contributed by atoms with Gasteiger partial charge in [-0.3, -0.25) is 4.79 Å². The molecule has 37 heavy (non-hydrogen) atoms. The molecule has 3 heterocycles. The number of aryl methyl sites for hydroxylation is 1. The average molecular weight is 507 g/mol. The number of aliphatic hydroxyl groups is 1. The summed E-state index contributed by atoms with van der Waals surface area (Å²) in [6.45, 7) is 7.76. The van der Waals surface area contributed by atoms with Gasteiger partial charge in [-0.1, -0.05) is 66.6 Å². The lowest BCUT2D eigenvalue weighted by Crippen LogP contribution is -2.50. The fraction of sp³-hybridized carbons (Fsp3) is 0.393. The van der Waals surface area contributed by atoms with Crippen LogP contribution < -0.4 is 5.32 Å². The lowest BCUT2D eigenvalue weighted by Gasteiger charge is -2.30. The van der Waals surface area contributed by atoms with Crippen LogP contribution in [0.15, 0.2) is 64.3 Å². The Balaban J connectivity index is 1.35. The lowest BCUT2D eigenvalue weighted by atomic mass is 9.91. The summed E-state index contributed by atoms with van der Waals surface area (Å²) < 4.78 is 19.7. The topological polar surface area (TPSA) is 100 Å². The first-order chi connectivity index (χ1) is 17.7. The average Bonchev–Trinajstić information content (AvgIpc) is 3.58. The molecule has 5 rings (SSSR count). The van der Waals surface area contributed by atoms with Gasteiger partial charge in [0.05, 0.1) is 17.8 Å². The molecule has 0 radical (unpaired) electrons. The molecule has 2 aliphatic rings. The Morgan fingerprint density at radius 2 is 1.95 bits per heavy atom. The van der Waals surface area contributed by atoms with Crippen LogP contribution >= 0.6 is 0 Å². The van der Waals surface area contributed by atoms with Crippen LogP contribution in [0.1, 0.15) is 50.1 Å². The molecule has 0 aliphatic carbocycles. The number of hydrogen-bond donors (Lipinski definition) is 2. The maximum atomic E-state index is 14.2. The third-order valence-corrected chi connectivity index (χ3v) is 7.08. The van der Waals surface area contributed by atoms with Gasteiger partial charge in [-0.25, -0.2) is 4.39 Å². The molecule has 1 fully saturated rings. The van der Waals surface area contributed by atoms with Crippen molar-refractivity contribution in [2.24, 2.45) is 11.1 Å². The van der Waals surface area contributed by atoms with Crippen LogP contribution in [0.5, 0.6) is 0 Å². The number of likely N-dealkylation sites (tertiary alicyclic amines) is 1. The van der Waals surface area contributed by atoms with Crippen LogP contribution in [0.3, 0.4) is 0 Å². The molecule has 4 atom stereocenters. The van der Waals surface area contributed by atoms with Crippen LogP contribution in [0.25, 0.3) is 11.1 Å². The van der Waals surface area contributed by atoms with Gasteiger partial charge in [0.15, 0.2) is 5.84 Å². The summed E-state index contributed by atoms with van der Waals surface area (Å²) in [5.74, 6) is -0.0237. The summed E-state index contributed by atoms with van der Waals surface area (Å²) in [6.07, 6.45) is -0.349. The molecule has 0 spiro atoms. The summed E-state index contributed by atoms with van der Waals surface area (Å²) in [5, 5.41) is 22.1. The van der Waals surface area contributed by atoms with Crippen molar-refractivity contribution in [1.82, 2.24) is 15.4 Å². The number of aliphatic hydroxyl groups excluding tert-OH is 1. The minimum Gasteiger partial charge on any atom is -0.391 e. The number of hydrogen-bond acceptors (Lipinski definition) is 7. The van der Waals surface area contributed by atoms with E-state index in [1.165, 1.54) is 6.07 Å². The Bertz CT molecular complexity index is 1320. The summed E-state index contributed by atoms with van der Waals surface area (Å²) in [6, 6.07) is 15.3. The van der Waals surface area contributed by atoms with E-state index in [0.717, 1.165) is 11.1 Å². The second-order valence-corrected chi connectivity index (χ2v) is 10.3. The van der Waals surface area contributed by atoms with Crippen molar-refractivity contribution in [3.63, 3.8) is 0 Å². The van der Waals surface area contributed by atoms with Gasteiger partial charge >= 0.3 is 0 Å². The number of rotatable bonds is 6. The van der Waals surface area contributed by atoms with Gasteiger partial charge in [-0.2, -0.15) is 0 Å². The molecular formula is C28H31FN4O4. The van der Waals surface area contributed by atoms with Gasteiger partial charge in [-0.15, -0.1) is 0 Å². The zero-order valence-corrected chi connectivity index (χ0v) is 21.3. The van der Waals surface area contributed by atoms with Crippen molar-refractivity contribution in [3.05, 3.63) is 77.4 Å². The minimum atomic E-state index is -0.981. The van der Waals surface area contributed by atoms with E-state index in [1.807, 2.05) is 52.0 Å². The summed E-state index contributed by atoms with van der Waals surface area (Å²) in [5.41, 5.74) is 1.79. The Morgan fingerprint density at radius 3 is 2.59 bits per heavy atom. The predicted octanol–water partition coefficient (Wildman–Crippen LogP) is 4.30. The first kappa shape index (κ1) is 25.0. The first-order valence-electron chi connectivity index (χ1n) is 12.5. The van der Waals surface area contributed by atoms with Crippen molar-refractivity contribution in [3.8, 4) is 11.1 Å². The molecule has 2 N–H and O–H groups in total. The Kier molecular flexibility index (Phi) is 6.49. The number of carbonyl (C=O) groups is 1. The number of amides is 1. The smallest absolute Gasteiger partial charge is 0.234 e. The Morgan fingerprint density at radius 1 is 1.22 bits per heavy atom. The number of β-amino-alcohol motifs (C(OH)–C–C–N with tert-alkyl or cyclic N) is 1. The quantitative estimate of drug-likeness (QED) is 0.517. The second kappa shape index (κ2) is 9.63. The van der Waals surface area contributed by atoms with Crippen LogP contribution in [0, 0.1) is 18.7 Å². The first-order valence-corrected chi connectivity index (χ1v) is 12.5. The molecule has 1 saturated heterocycles. The van der Waals surface area contributed by atoms with Gasteiger partial charge in [0.25, 0.3) is 0 Å². The monoisotopic (exact) mass is 506 g/mol. The zero-order chi connectivity index (χ0) is 26.3. The van der Waals surface area contributed by atoms with E-state index in [0.29, 0.717) is 29.3 Å². The molecule has 1 aromatic heterocycles. The van der Waals surface area contributed by atoms with E-state index in [-0.39, 0.29) is 24.2 Å². The molecule has 2 aromatic carbocycles. The fourth-order valence-corrected chi connectivity index (χ4v) is 5.12. The summed E-state index contributed by atoms with van der Waals surface area (Å²) >= 11 is 0. The largest absolute Gasteiger partial charge is 0.391 e. The molecule has 1 unspecified atom stereocenters. The standard InChI is InChI=1S/C28H31FN4O4/c1-16(2)25(24-13-17(3)31-36-24)27(35)33-15-20(34)14-23(33)26-30-28(4,37-32-26)19-11-9-18(10-12-19)21-7-5-6-8-22(21)29/h5-13,16,20,23,25,34H,14-15H2,1-4H3,(H,30,32)/t20-,23+,25?,28+/m1/s1. The van der Waals surface area contributed by atoms with Gasteiger partial charge in [0.1, 0.15) is 17.5 Å². The van der Waals surface area contributed by atoms with Crippen molar-refractivity contribution in [2.45, 2.75) is 57.9 Å². The number of aromatic nitrogens is 1. The molecule has 8 nitrogen and oxygen atoms in total. The highest BCUT2D eigenvalue weighted by molar-refractivity contribution is 5.94. The van der Waals surface area contributed by atoms with E-state index in [4.69, 9.17) is 9.36 Å². The van der Waals surface area contributed by atoms with Crippen molar-refractivity contribution in [1.29, 1.82) is 0 Å². The SMILES string of the molecule is Cc1cc(C(C(=O)N2C[C@H](O)C[C@H]2C2=NO[C@@](C)(c3ccc(-c4ccccc4F)cc3)N2)C(C)C)on1. The summed E-state index contributed by atoms with van der Waals surface area (Å²) in [4.78, 5) is 21.2. The number of amidine groups is 1. The number of halogens is 1. The van der Waals surface area contributed by atoms with Crippen LogP contribution in [-0.2, 0) is 15.4 Å². The van der Waals surface area contributed by atoms with Gasteiger partial charge in [-0.05, 0) is 24.5 Å². The van der Waals surface area contributed by atoms with Gasteiger partial charge in [0.2, 0.25) is 11.6 Å². The maximum absolute atomic E-state index is 14.2. The Hall–Kier alpha value is -3.72. The zero-order valence-electron chi connectivity index (χ0n) is 21.3.